The average Bonchev–Trinajstić information content (AvgIpc) is 2.59. The Balaban J connectivity index is 1.80. The lowest BCUT2D eigenvalue weighted by molar-refractivity contribution is 0.0941. The van der Waals surface area contributed by atoms with Gasteiger partial charge in [-0.2, -0.15) is 0 Å². The number of β-amino-alcohol motifs (C(OH)–C–C–N with tert-alkyl or cyclic N) is 1. The smallest absolute Gasteiger partial charge is 0.140 e. The number of nitrogens with zero attached hydrogens (tertiary/aromatic N) is 2. The summed E-state index contributed by atoms with van der Waals surface area (Å²) >= 11 is 12.4. The van der Waals surface area contributed by atoms with E-state index < -0.39 is 4.33 Å². The maximum atomic E-state index is 9.13. The van der Waals surface area contributed by atoms with E-state index in [1.807, 2.05) is 12.1 Å². The highest BCUT2D eigenvalue weighted by Crippen LogP contribution is 2.38. The third-order valence-electron chi connectivity index (χ3n) is 4.75. The summed E-state index contributed by atoms with van der Waals surface area (Å²) in [7, 11) is 0. The number of rotatable bonds is 5. The number of hydrogen-bond donors (Lipinski definition) is 1. The molecule has 3 nitrogen and oxygen atoms in total. The van der Waals surface area contributed by atoms with Gasteiger partial charge in [0.2, 0.25) is 0 Å². The molecule has 1 unspecified atom stereocenters. The number of hydrogen-bond acceptors (Lipinski definition) is 3. The summed E-state index contributed by atoms with van der Waals surface area (Å²) in [5.74, 6) is 0. The van der Waals surface area contributed by atoms with Crippen molar-refractivity contribution in [2.24, 2.45) is 0 Å². The van der Waals surface area contributed by atoms with Crippen molar-refractivity contribution in [2.45, 2.75) is 16.8 Å². The third kappa shape index (κ3) is 4.41. The maximum Gasteiger partial charge on any atom is 0.140 e. The zero-order chi connectivity index (χ0) is 17.0. The molecule has 3 rings (SSSR count). The molecule has 1 aliphatic carbocycles. The average molecular weight is 367 g/mol. The number of benzene rings is 1. The van der Waals surface area contributed by atoms with Crippen LogP contribution in [0.4, 0.5) is 0 Å². The van der Waals surface area contributed by atoms with Crippen molar-refractivity contribution < 1.29 is 5.11 Å². The van der Waals surface area contributed by atoms with Crippen LogP contribution in [0.25, 0.3) is 0 Å². The molecule has 130 valence electrons. The molecule has 1 fully saturated rings. The first-order valence-electron chi connectivity index (χ1n) is 8.48. The Kier molecular flexibility index (Phi) is 6.01. The Labute approximate surface area is 154 Å². The van der Waals surface area contributed by atoms with Crippen LogP contribution in [0.5, 0.6) is 0 Å². The topological polar surface area (TPSA) is 26.7 Å². The molecule has 5 heteroatoms. The van der Waals surface area contributed by atoms with Gasteiger partial charge in [0, 0.05) is 39.1 Å². The van der Waals surface area contributed by atoms with Crippen LogP contribution in [0.1, 0.15) is 18.0 Å². The van der Waals surface area contributed by atoms with Crippen LogP contribution in [0.15, 0.2) is 54.1 Å². The zero-order valence-electron chi connectivity index (χ0n) is 13.7. The molecule has 0 saturated carbocycles. The van der Waals surface area contributed by atoms with Crippen LogP contribution in [0.3, 0.4) is 0 Å². The Morgan fingerprint density at radius 3 is 2.38 bits per heavy atom. The predicted molar refractivity (Wildman–Crippen MR) is 101 cm³/mol. The zero-order valence-corrected chi connectivity index (χ0v) is 15.3. The van der Waals surface area contributed by atoms with Crippen LogP contribution in [-0.2, 0) is 0 Å². The van der Waals surface area contributed by atoms with Gasteiger partial charge in [0.1, 0.15) is 4.33 Å². The van der Waals surface area contributed by atoms with E-state index in [1.165, 1.54) is 11.1 Å². The van der Waals surface area contributed by atoms with Crippen molar-refractivity contribution >= 4 is 23.2 Å². The third-order valence-corrected chi connectivity index (χ3v) is 5.31. The first-order valence-corrected chi connectivity index (χ1v) is 9.24. The summed E-state index contributed by atoms with van der Waals surface area (Å²) in [6.07, 6.45) is 6.76. The van der Waals surface area contributed by atoms with E-state index in [-0.39, 0.29) is 12.6 Å². The van der Waals surface area contributed by atoms with E-state index in [0.29, 0.717) is 6.42 Å². The van der Waals surface area contributed by atoms with Crippen molar-refractivity contribution in [3.05, 3.63) is 59.7 Å². The second-order valence-electron chi connectivity index (χ2n) is 6.42. The van der Waals surface area contributed by atoms with Crippen LogP contribution in [0, 0.1) is 0 Å². The molecule has 0 bridgehead atoms. The Hall–Kier alpha value is -0.840. The van der Waals surface area contributed by atoms with Gasteiger partial charge in [-0.1, -0.05) is 65.7 Å². The highest BCUT2D eigenvalue weighted by atomic mass is 35.5. The quantitative estimate of drug-likeness (QED) is 0.809. The van der Waals surface area contributed by atoms with E-state index in [9.17, 15) is 0 Å². The molecule has 1 saturated heterocycles. The molecule has 0 amide bonds. The number of aliphatic hydroxyl groups is 1. The molecule has 1 heterocycles. The molecule has 1 N–H and O–H groups in total. The van der Waals surface area contributed by atoms with Crippen LogP contribution < -0.4 is 0 Å². The van der Waals surface area contributed by atoms with E-state index in [0.717, 1.165) is 32.7 Å². The van der Waals surface area contributed by atoms with Crippen molar-refractivity contribution in [1.82, 2.24) is 9.80 Å². The summed E-state index contributed by atoms with van der Waals surface area (Å²) in [6, 6.07) is 10.8. The summed E-state index contributed by atoms with van der Waals surface area (Å²) < 4.78 is -0.787. The molecular weight excluding hydrogens is 343 g/mol. The number of halogens is 2. The lowest BCUT2D eigenvalue weighted by atomic mass is 9.92. The highest BCUT2D eigenvalue weighted by molar-refractivity contribution is 6.50. The summed E-state index contributed by atoms with van der Waals surface area (Å²) in [5, 5.41) is 9.13. The van der Waals surface area contributed by atoms with Crippen molar-refractivity contribution in [2.75, 3.05) is 39.3 Å². The van der Waals surface area contributed by atoms with Gasteiger partial charge in [0.05, 0.1) is 12.6 Å². The predicted octanol–water partition coefficient (Wildman–Crippen LogP) is 3.40. The number of allylic oxidation sites excluding steroid dienone is 2. The largest absolute Gasteiger partial charge is 0.395 e. The van der Waals surface area contributed by atoms with E-state index >= 15 is 0 Å². The molecule has 2 aliphatic rings. The second kappa shape index (κ2) is 8.03. The molecular formula is C19H24Cl2N2O. The van der Waals surface area contributed by atoms with Crippen molar-refractivity contribution in [3.63, 3.8) is 0 Å². The van der Waals surface area contributed by atoms with Gasteiger partial charge in [0.15, 0.2) is 0 Å². The molecule has 24 heavy (non-hydrogen) atoms. The maximum absolute atomic E-state index is 9.13. The van der Waals surface area contributed by atoms with Gasteiger partial charge in [0.25, 0.3) is 0 Å². The minimum atomic E-state index is -0.787. The fourth-order valence-electron chi connectivity index (χ4n) is 3.45. The minimum absolute atomic E-state index is 0.225. The monoisotopic (exact) mass is 366 g/mol. The fraction of sp³-hybridized carbons (Fsp3) is 0.474. The first kappa shape index (κ1) is 18.0. The summed E-state index contributed by atoms with van der Waals surface area (Å²) in [5.41, 5.74) is 2.55. The normalized spacial score (nSPS) is 23.0. The first-order chi connectivity index (χ1) is 11.6. The molecule has 1 aliphatic heterocycles. The van der Waals surface area contributed by atoms with E-state index in [1.54, 1.807) is 0 Å². The molecule has 0 radical (unpaired) electrons. The Bertz CT molecular complexity index is 593. The van der Waals surface area contributed by atoms with Gasteiger partial charge in [-0.05, 0) is 17.2 Å². The fourth-order valence-corrected chi connectivity index (χ4v) is 3.73. The molecule has 1 atom stereocenters. The number of alkyl halides is 2. The standard InChI is InChI=1S/C19H24Cl2N2O/c20-19(21)8-6-17(7-9-19)18(16-4-2-1-3-5-16)23-12-10-22(11-13-23)14-15-24/h1-8,18,24H,9-15H2. The summed E-state index contributed by atoms with van der Waals surface area (Å²) in [6.45, 7) is 4.91. The van der Waals surface area contributed by atoms with E-state index in [4.69, 9.17) is 28.3 Å². The van der Waals surface area contributed by atoms with Crippen LogP contribution >= 0.6 is 23.2 Å². The Morgan fingerprint density at radius 2 is 1.79 bits per heavy atom. The van der Waals surface area contributed by atoms with Gasteiger partial charge < -0.3 is 5.11 Å². The lowest BCUT2D eigenvalue weighted by Gasteiger charge is -2.40. The van der Waals surface area contributed by atoms with Crippen molar-refractivity contribution in [1.29, 1.82) is 0 Å². The SMILES string of the molecule is OCCN1CCN(C(C2=CCC(Cl)(Cl)C=C2)c2ccccc2)CC1. The minimum Gasteiger partial charge on any atom is -0.395 e. The summed E-state index contributed by atoms with van der Waals surface area (Å²) in [4.78, 5) is 4.82. The van der Waals surface area contributed by atoms with Crippen LogP contribution in [-0.4, -0.2) is 58.6 Å². The van der Waals surface area contributed by atoms with Crippen LogP contribution in [0.2, 0.25) is 0 Å². The van der Waals surface area contributed by atoms with Gasteiger partial charge >= 0.3 is 0 Å². The van der Waals surface area contributed by atoms with E-state index in [2.05, 4.69) is 46.2 Å². The molecule has 0 aromatic heterocycles. The van der Waals surface area contributed by atoms with Gasteiger partial charge in [-0.25, -0.2) is 0 Å². The number of aliphatic hydroxyl groups excluding tert-OH is 1. The molecule has 1 aromatic rings. The lowest BCUT2D eigenvalue weighted by Crippen LogP contribution is -2.48. The number of piperazine rings is 1. The molecule has 1 aromatic carbocycles. The van der Waals surface area contributed by atoms with Crippen molar-refractivity contribution in [3.8, 4) is 0 Å². The molecule has 0 spiro atoms. The second-order valence-corrected chi connectivity index (χ2v) is 7.96. The Morgan fingerprint density at radius 1 is 1.08 bits per heavy atom. The highest BCUT2D eigenvalue weighted by Gasteiger charge is 2.30. The van der Waals surface area contributed by atoms with Gasteiger partial charge in [-0.3, -0.25) is 9.80 Å². The van der Waals surface area contributed by atoms with Gasteiger partial charge in [-0.15, -0.1) is 0 Å².